The minimum Gasteiger partial charge on any atom is -0.490 e. The monoisotopic (exact) mass is 559 g/mol. The van der Waals surface area contributed by atoms with Crippen LogP contribution in [-0.2, 0) is 17.8 Å². The fourth-order valence-corrected chi connectivity index (χ4v) is 5.06. The molecule has 0 atom stereocenters. The number of carbonyl (C=O) groups excluding carboxylic acids is 1. The second-order valence-electron chi connectivity index (χ2n) is 11.9. The number of rotatable bonds is 8. The molecule has 0 spiro atoms. The first-order valence-corrected chi connectivity index (χ1v) is 13.8. The number of carboxylic acid groups (broad SMARTS) is 1. The van der Waals surface area contributed by atoms with Crippen molar-refractivity contribution < 1.29 is 24.0 Å². The molecule has 3 aromatic rings. The van der Waals surface area contributed by atoms with Gasteiger partial charge in [-0.2, -0.15) is 10.2 Å². The van der Waals surface area contributed by atoms with Crippen LogP contribution >= 0.6 is 0 Å². The lowest BCUT2D eigenvalue weighted by Gasteiger charge is -2.32. The first-order valence-electron chi connectivity index (χ1n) is 13.8. The van der Waals surface area contributed by atoms with Crippen molar-refractivity contribution in [3.05, 3.63) is 52.6 Å². The molecular weight excluding hydrogens is 522 g/mol. The maximum atomic E-state index is 13.0. The van der Waals surface area contributed by atoms with Gasteiger partial charge in [0.15, 0.2) is 0 Å². The molecule has 1 N–H and O–H groups in total. The third kappa shape index (κ3) is 7.04. The van der Waals surface area contributed by atoms with Crippen LogP contribution in [0, 0.1) is 23.7 Å². The van der Waals surface area contributed by atoms with Gasteiger partial charge in [-0.05, 0) is 67.5 Å². The Balaban J connectivity index is 1.47. The minimum absolute atomic E-state index is 0.0538. The van der Waals surface area contributed by atoms with Gasteiger partial charge in [0.25, 0.3) is 5.89 Å². The number of benzene rings is 2. The van der Waals surface area contributed by atoms with Gasteiger partial charge in [0.1, 0.15) is 11.8 Å². The molecule has 1 aliphatic heterocycles. The van der Waals surface area contributed by atoms with E-state index in [9.17, 15) is 20.0 Å². The summed E-state index contributed by atoms with van der Waals surface area (Å²) in [6.07, 6.45) is -0.231. The van der Waals surface area contributed by atoms with E-state index < -0.39 is 6.09 Å². The van der Waals surface area contributed by atoms with E-state index in [1.807, 2.05) is 53.7 Å². The van der Waals surface area contributed by atoms with Gasteiger partial charge in [-0.15, -0.1) is 0 Å². The molecule has 0 bridgehead atoms. The third-order valence-electron chi connectivity index (χ3n) is 6.95. The molecule has 1 aromatic heterocycles. The van der Waals surface area contributed by atoms with Crippen LogP contribution in [0.3, 0.4) is 0 Å². The van der Waals surface area contributed by atoms with Gasteiger partial charge in [-0.3, -0.25) is 4.79 Å². The summed E-state index contributed by atoms with van der Waals surface area (Å²) in [7, 11) is 0. The Morgan fingerprint density at radius 3 is 2.66 bits per heavy atom. The summed E-state index contributed by atoms with van der Waals surface area (Å²) in [5.41, 5.74) is 4.92. The van der Waals surface area contributed by atoms with E-state index in [0.29, 0.717) is 54.6 Å². The van der Waals surface area contributed by atoms with E-state index >= 15 is 0 Å². The molecule has 0 unspecified atom stereocenters. The van der Waals surface area contributed by atoms with Gasteiger partial charge < -0.3 is 24.2 Å². The number of hydrogen-bond donors (Lipinski definition) is 1. The molecule has 0 radical (unpaired) electrons. The normalized spacial score (nSPS) is 13.1. The minimum atomic E-state index is -1.01. The number of carbonyl (C=O) groups is 2. The highest BCUT2D eigenvalue weighted by atomic mass is 16.5. The molecule has 41 heavy (non-hydrogen) atoms. The summed E-state index contributed by atoms with van der Waals surface area (Å²) in [6, 6.07) is 11.3. The Morgan fingerprint density at radius 1 is 1.24 bits per heavy atom. The molecule has 1 aliphatic rings. The number of hydrogen-bond acceptors (Lipinski definition) is 7. The molecule has 4 rings (SSSR count). The number of nitrogens with zero attached hydrogens (tertiary/aromatic N) is 5. The highest BCUT2D eigenvalue weighted by Crippen LogP contribution is 2.32. The summed E-state index contributed by atoms with van der Waals surface area (Å²) < 4.78 is 11.3. The molecule has 0 aliphatic carbocycles. The molecule has 0 saturated heterocycles. The van der Waals surface area contributed by atoms with Gasteiger partial charge in [0.2, 0.25) is 11.7 Å². The molecule has 2 heterocycles. The molecule has 216 valence electrons. The Hall–Kier alpha value is -4.39. The average molecular weight is 560 g/mol. The van der Waals surface area contributed by atoms with Crippen molar-refractivity contribution in [2.75, 3.05) is 19.6 Å². The first kappa shape index (κ1) is 29.6. The summed E-state index contributed by atoms with van der Waals surface area (Å²) >= 11 is 0. The molecule has 10 nitrogen and oxygen atoms in total. The smallest absolute Gasteiger partial charge is 0.407 e. The quantitative estimate of drug-likeness (QED) is 0.373. The van der Waals surface area contributed by atoms with Crippen molar-refractivity contribution in [2.24, 2.45) is 5.41 Å². The molecular formula is C31H37N5O5. The van der Waals surface area contributed by atoms with Crippen molar-refractivity contribution in [3.8, 4) is 34.7 Å². The van der Waals surface area contributed by atoms with E-state index in [1.165, 1.54) is 4.90 Å². The third-order valence-corrected chi connectivity index (χ3v) is 6.95. The molecule has 2 amide bonds. The fourth-order valence-electron chi connectivity index (χ4n) is 5.06. The average Bonchev–Trinajstić information content (AvgIpc) is 3.40. The van der Waals surface area contributed by atoms with Crippen LogP contribution in [0.1, 0.15) is 63.3 Å². The van der Waals surface area contributed by atoms with Crippen LogP contribution in [0.25, 0.3) is 22.8 Å². The van der Waals surface area contributed by atoms with Gasteiger partial charge in [0.05, 0.1) is 11.7 Å². The highest BCUT2D eigenvalue weighted by Gasteiger charge is 2.26. The standard InChI is InChI=1S/C31H37N5O5/c1-19(2)40-26-10-8-21(15-23(26)16-32)29-33-28(34-41-29)25-9-7-22-17-35(13-11-24(22)20(25)3)27(37)12-14-36(30(38)39)18-31(4,5)6/h7-10,15,19H,11-14,17-18H2,1-6H3,(H,38,39). The Labute approximate surface area is 240 Å². The van der Waals surface area contributed by atoms with Gasteiger partial charge in [-0.1, -0.05) is 38.1 Å². The van der Waals surface area contributed by atoms with Crippen LogP contribution in [-0.4, -0.2) is 62.8 Å². The van der Waals surface area contributed by atoms with Crippen molar-refractivity contribution in [1.29, 1.82) is 5.26 Å². The topological polar surface area (TPSA) is 133 Å². The molecule has 0 fully saturated rings. The lowest BCUT2D eigenvalue weighted by Crippen LogP contribution is -2.41. The highest BCUT2D eigenvalue weighted by molar-refractivity contribution is 5.78. The number of fused-ring (bicyclic) bond motifs is 1. The van der Waals surface area contributed by atoms with E-state index in [2.05, 4.69) is 16.2 Å². The fraction of sp³-hybridized carbons (Fsp3) is 0.452. The van der Waals surface area contributed by atoms with Crippen LogP contribution in [0.5, 0.6) is 5.75 Å². The molecule has 10 heteroatoms. The van der Waals surface area contributed by atoms with Crippen LogP contribution in [0.2, 0.25) is 0 Å². The summed E-state index contributed by atoms with van der Waals surface area (Å²) in [5.74, 6) is 1.21. The Morgan fingerprint density at radius 2 is 2.00 bits per heavy atom. The van der Waals surface area contributed by atoms with Crippen molar-refractivity contribution in [3.63, 3.8) is 0 Å². The number of aromatic nitrogens is 2. The summed E-state index contributed by atoms with van der Waals surface area (Å²) in [5, 5.41) is 23.3. The lowest BCUT2D eigenvalue weighted by atomic mass is 9.91. The van der Waals surface area contributed by atoms with E-state index in [0.717, 1.165) is 22.3 Å². The number of nitriles is 1. The Kier molecular flexibility index (Phi) is 8.66. The van der Waals surface area contributed by atoms with Gasteiger partial charge >= 0.3 is 6.09 Å². The summed E-state index contributed by atoms with van der Waals surface area (Å²) in [6.45, 7) is 13.3. The van der Waals surface area contributed by atoms with E-state index in [-0.39, 0.29) is 30.4 Å². The maximum Gasteiger partial charge on any atom is 0.407 e. The zero-order valence-electron chi connectivity index (χ0n) is 24.5. The second-order valence-corrected chi connectivity index (χ2v) is 11.9. The maximum absolute atomic E-state index is 13.0. The van der Waals surface area contributed by atoms with Crippen LogP contribution in [0.4, 0.5) is 4.79 Å². The van der Waals surface area contributed by atoms with E-state index in [4.69, 9.17) is 9.26 Å². The predicted octanol–water partition coefficient (Wildman–Crippen LogP) is 5.67. The van der Waals surface area contributed by atoms with E-state index in [1.54, 1.807) is 23.1 Å². The van der Waals surface area contributed by atoms with Crippen molar-refractivity contribution >= 4 is 12.0 Å². The van der Waals surface area contributed by atoms with Crippen LogP contribution in [0.15, 0.2) is 34.9 Å². The SMILES string of the molecule is Cc1c(-c2noc(-c3ccc(OC(C)C)c(C#N)c3)n2)ccc2c1CCN(C(=O)CCN(CC(C)(C)C)C(=O)O)C2. The van der Waals surface area contributed by atoms with Gasteiger partial charge in [-0.25, -0.2) is 4.79 Å². The number of ether oxygens (including phenoxy) is 1. The first-order chi connectivity index (χ1) is 19.4. The molecule has 2 aromatic carbocycles. The summed E-state index contributed by atoms with van der Waals surface area (Å²) in [4.78, 5) is 32.3. The largest absolute Gasteiger partial charge is 0.490 e. The lowest BCUT2D eigenvalue weighted by molar-refractivity contribution is -0.132. The van der Waals surface area contributed by atoms with Crippen molar-refractivity contribution in [1.82, 2.24) is 19.9 Å². The van der Waals surface area contributed by atoms with Crippen molar-refractivity contribution in [2.45, 2.75) is 67.0 Å². The second kappa shape index (κ2) is 12.0. The zero-order valence-corrected chi connectivity index (χ0v) is 24.5. The molecule has 0 saturated carbocycles. The van der Waals surface area contributed by atoms with Crippen LogP contribution < -0.4 is 4.74 Å². The Bertz CT molecular complexity index is 1480. The zero-order chi connectivity index (χ0) is 29.9. The van der Waals surface area contributed by atoms with Gasteiger partial charge in [0, 0.05) is 43.7 Å². The number of amides is 2. The predicted molar refractivity (Wildman–Crippen MR) is 153 cm³/mol.